The quantitative estimate of drug-likeness (QED) is 0.842. The maximum absolute atomic E-state index is 12.7. The Labute approximate surface area is 123 Å². The number of fused-ring (bicyclic) bond motifs is 1. The molecule has 0 spiro atoms. The van der Waals surface area contributed by atoms with Gasteiger partial charge in [-0.25, -0.2) is 4.98 Å². The Morgan fingerprint density at radius 1 is 1.38 bits per heavy atom. The zero-order chi connectivity index (χ0) is 14.8. The van der Waals surface area contributed by atoms with Crippen molar-refractivity contribution in [2.75, 3.05) is 26.2 Å². The molecule has 0 aliphatic carbocycles. The van der Waals surface area contributed by atoms with Crippen molar-refractivity contribution in [1.82, 2.24) is 19.4 Å². The van der Waals surface area contributed by atoms with Gasteiger partial charge < -0.3 is 4.74 Å². The molecular formula is C15H20N4O2. The summed E-state index contributed by atoms with van der Waals surface area (Å²) in [4.78, 5) is 23.4. The molecule has 21 heavy (non-hydrogen) atoms. The zero-order valence-electron chi connectivity index (χ0n) is 12.4. The highest BCUT2D eigenvalue weighted by Crippen LogP contribution is 2.23. The Morgan fingerprint density at radius 3 is 3.00 bits per heavy atom. The molecule has 0 bridgehead atoms. The predicted octanol–water partition coefficient (Wildman–Crippen LogP) is 1.07. The van der Waals surface area contributed by atoms with Crippen molar-refractivity contribution in [2.24, 2.45) is 0 Å². The number of likely N-dealkylation sites (tertiary alicyclic amines) is 1. The van der Waals surface area contributed by atoms with Crippen LogP contribution < -0.4 is 5.56 Å². The molecule has 1 aliphatic heterocycles. The van der Waals surface area contributed by atoms with Crippen molar-refractivity contribution >= 4 is 10.9 Å². The number of rotatable bonds is 4. The molecule has 1 saturated heterocycles. The van der Waals surface area contributed by atoms with Gasteiger partial charge in [-0.1, -0.05) is 6.92 Å². The number of aromatic nitrogens is 3. The number of likely N-dealkylation sites (N-methyl/N-ethyl adjacent to an activating group) is 1. The molecular weight excluding hydrogens is 268 g/mol. The maximum atomic E-state index is 12.7. The standard InChI is InChI=1S/C15H20N4O2/c1-3-18-8-13(14(9-18)21-4-2)19-10-17-12-5-6-16-7-11(12)15(19)20/h5-7,10,13-14H,3-4,8-9H2,1-2H3/t13-,14-/m0/s1. The van der Waals surface area contributed by atoms with Crippen molar-refractivity contribution in [3.63, 3.8) is 0 Å². The highest BCUT2D eigenvalue weighted by molar-refractivity contribution is 5.75. The van der Waals surface area contributed by atoms with E-state index < -0.39 is 0 Å². The number of pyridine rings is 1. The molecule has 0 saturated carbocycles. The van der Waals surface area contributed by atoms with Gasteiger partial charge in [-0.05, 0) is 19.5 Å². The average Bonchev–Trinajstić information content (AvgIpc) is 2.91. The summed E-state index contributed by atoms with van der Waals surface area (Å²) in [6.45, 7) is 7.38. The Balaban J connectivity index is 2.02. The third-order valence-corrected chi connectivity index (χ3v) is 4.08. The molecule has 2 atom stereocenters. The van der Waals surface area contributed by atoms with Gasteiger partial charge >= 0.3 is 0 Å². The van der Waals surface area contributed by atoms with Crippen LogP contribution in [-0.2, 0) is 4.74 Å². The lowest BCUT2D eigenvalue weighted by Gasteiger charge is -2.20. The van der Waals surface area contributed by atoms with Gasteiger partial charge in [0.1, 0.15) is 0 Å². The monoisotopic (exact) mass is 288 g/mol. The molecule has 6 nitrogen and oxygen atoms in total. The summed E-state index contributed by atoms with van der Waals surface area (Å²) < 4.78 is 7.53. The van der Waals surface area contributed by atoms with E-state index in [1.807, 2.05) is 6.92 Å². The topological polar surface area (TPSA) is 60.2 Å². The molecule has 0 radical (unpaired) electrons. The minimum Gasteiger partial charge on any atom is -0.375 e. The van der Waals surface area contributed by atoms with Crippen LogP contribution in [0.25, 0.3) is 10.9 Å². The molecule has 0 N–H and O–H groups in total. The van der Waals surface area contributed by atoms with Crippen LogP contribution in [0.5, 0.6) is 0 Å². The second-order valence-corrected chi connectivity index (χ2v) is 5.26. The van der Waals surface area contributed by atoms with Crippen LogP contribution in [0.4, 0.5) is 0 Å². The summed E-state index contributed by atoms with van der Waals surface area (Å²) in [7, 11) is 0. The maximum Gasteiger partial charge on any atom is 0.263 e. The van der Waals surface area contributed by atoms with E-state index in [-0.39, 0.29) is 17.7 Å². The van der Waals surface area contributed by atoms with E-state index in [1.54, 1.807) is 29.4 Å². The first-order valence-electron chi connectivity index (χ1n) is 7.39. The molecule has 0 amide bonds. The highest BCUT2D eigenvalue weighted by atomic mass is 16.5. The van der Waals surface area contributed by atoms with Crippen LogP contribution in [0.1, 0.15) is 19.9 Å². The Kier molecular flexibility index (Phi) is 3.98. The highest BCUT2D eigenvalue weighted by Gasteiger charge is 2.34. The first kappa shape index (κ1) is 14.2. The lowest BCUT2D eigenvalue weighted by atomic mass is 10.2. The molecule has 0 unspecified atom stereocenters. The Morgan fingerprint density at radius 2 is 2.24 bits per heavy atom. The third kappa shape index (κ3) is 2.56. The van der Waals surface area contributed by atoms with Crippen LogP contribution in [0.3, 0.4) is 0 Å². The smallest absolute Gasteiger partial charge is 0.263 e. The van der Waals surface area contributed by atoms with Crippen LogP contribution in [0.2, 0.25) is 0 Å². The summed E-state index contributed by atoms with van der Waals surface area (Å²) in [6.07, 6.45) is 4.91. The van der Waals surface area contributed by atoms with E-state index in [1.165, 1.54) is 0 Å². The fourth-order valence-electron chi connectivity index (χ4n) is 2.95. The van der Waals surface area contributed by atoms with Crippen molar-refractivity contribution in [1.29, 1.82) is 0 Å². The van der Waals surface area contributed by atoms with E-state index in [0.717, 1.165) is 19.6 Å². The van der Waals surface area contributed by atoms with Crippen LogP contribution in [0, 0.1) is 0 Å². The minimum atomic E-state index is -0.0410. The van der Waals surface area contributed by atoms with Crippen molar-refractivity contribution < 1.29 is 4.74 Å². The van der Waals surface area contributed by atoms with Gasteiger partial charge in [0, 0.05) is 32.1 Å². The number of hydrogen-bond acceptors (Lipinski definition) is 5. The van der Waals surface area contributed by atoms with Crippen molar-refractivity contribution in [2.45, 2.75) is 26.0 Å². The van der Waals surface area contributed by atoms with Gasteiger partial charge in [-0.3, -0.25) is 19.2 Å². The van der Waals surface area contributed by atoms with E-state index in [0.29, 0.717) is 17.5 Å². The SMILES string of the molecule is CCO[C@H]1CN(CC)C[C@@H]1n1cnc2ccncc2c1=O. The predicted molar refractivity (Wildman–Crippen MR) is 80.4 cm³/mol. The fraction of sp³-hybridized carbons (Fsp3) is 0.533. The molecule has 1 fully saturated rings. The molecule has 112 valence electrons. The second-order valence-electron chi connectivity index (χ2n) is 5.26. The zero-order valence-corrected chi connectivity index (χ0v) is 12.4. The van der Waals surface area contributed by atoms with E-state index in [4.69, 9.17) is 4.74 Å². The van der Waals surface area contributed by atoms with Crippen LogP contribution in [0.15, 0.2) is 29.6 Å². The largest absolute Gasteiger partial charge is 0.375 e. The molecule has 2 aromatic heterocycles. The normalized spacial score (nSPS) is 23.0. The second kappa shape index (κ2) is 5.91. The van der Waals surface area contributed by atoms with Gasteiger partial charge in [-0.2, -0.15) is 0 Å². The van der Waals surface area contributed by atoms with Gasteiger partial charge in [0.15, 0.2) is 0 Å². The summed E-state index contributed by atoms with van der Waals surface area (Å²) in [6, 6.07) is 1.77. The summed E-state index contributed by atoms with van der Waals surface area (Å²) in [5.74, 6) is 0. The van der Waals surface area contributed by atoms with Crippen molar-refractivity contribution in [3.05, 3.63) is 35.1 Å². The Bertz CT molecular complexity index is 685. The molecule has 6 heteroatoms. The molecule has 3 heterocycles. The summed E-state index contributed by atoms with van der Waals surface area (Å²) in [5.41, 5.74) is 0.644. The van der Waals surface area contributed by atoms with Gasteiger partial charge in [-0.15, -0.1) is 0 Å². The number of hydrogen-bond donors (Lipinski definition) is 0. The molecule has 3 rings (SSSR count). The molecule has 2 aromatic rings. The lowest BCUT2D eigenvalue weighted by molar-refractivity contribution is 0.0451. The summed E-state index contributed by atoms with van der Waals surface area (Å²) in [5, 5.41) is 0.560. The van der Waals surface area contributed by atoms with E-state index >= 15 is 0 Å². The van der Waals surface area contributed by atoms with Crippen LogP contribution in [-0.4, -0.2) is 51.8 Å². The van der Waals surface area contributed by atoms with Crippen LogP contribution >= 0.6 is 0 Å². The van der Waals surface area contributed by atoms with E-state index in [9.17, 15) is 4.79 Å². The number of ether oxygens (including phenoxy) is 1. The summed E-state index contributed by atoms with van der Waals surface area (Å²) >= 11 is 0. The fourth-order valence-corrected chi connectivity index (χ4v) is 2.95. The van der Waals surface area contributed by atoms with Gasteiger partial charge in [0.25, 0.3) is 5.56 Å². The molecule has 0 aromatic carbocycles. The lowest BCUT2D eigenvalue weighted by Crippen LogP contribution is -2.33. The first-order valence-corrected chi connectivity index (χ1v) is 7.39. The molecule has 1 aliphatic rings. The van der Waals surface area contributed by atoms with Gasteiger partial charge in [0.05, 0.1) is 29.4 Å². The minimum absolute atomic E-state index is 0.00880. The third-order valence-electron chi connectivity index (χ3n) is 4.08. The Hall–Kier alpha value is -1.79. The van der Waals surface area contributed by atoms with Gasteiger partial charge in [0.2, 0.25) is 0 Å². The number of nitrogens with zero attached hydrogens (tertiary/aromatic N) is 4. The average molecular weight is 288 g/mol. The first-order chi connectivity index (χ1) is 10.2. The van der Waals surface area contributed by atoms with Crippen molar-refractivity contribution in [3.8, 4) is 0 Å². The van der Waals surface area contributed by atoms with E-state index in [2.05, 4.69) is 21.8 Å².